The Labute approximate surface area is 187 Å². The average Bonchev–Trinajstić information content (AvgIpc) is 2.67. The van der Waals surface area contributed by atoms with Crippen molar-refractivity contribution in [3.63, 3.8) is 0 Å². The highest BCUT2D eigenvalue weighted by atomic mass is 16.6. The van der Waals surface area contributed by atoms with Crippen LogP contribution in [-0.4, -0.2) is 77.4 Å². The molecule has 2 amide bonds. The molecule has 180 valence electrons. The van der Waals surface area contributed by atoms with E-state index in [1.54, 1.807) is 20.8 Å². The molecule has 0 saturated heterocycles. The molecule has 1 aliphatic rings. The Balaban J connectivity index is 2.85. The Morgan fingerprint density at radius 3 is 2.06 bits per heavy atom. The molecule has 0 spiro atoms. The molecule has 1 rings (SSSR count). The van der Waals surface area contributed by atoms with Crippen LogP contribution >= 0.6 is 0 Å². The molecule has 1 fully saturated rings. The molecule has 0 unspecified atom stereocenters. The molecule has 8 heteroatoms. The summed E-state index contributed by atoms with van der Waals surface area (Å²) in [5.74, 6) is -1.36. The number of likely N-dealkylation sites (N-methyl/N-ethyl adjacent to an activating group) is 2. The number of carboxylic acids is 1. The molecule has 8 nitrogen and oxygen atoms in total. The molecule has 0 radical (unpaired) electrons. The summed E-state index contributed by atoms with van der Waals surface area (Å²) in [6.45, 7) is 9.48. The van der Waals surface area contributed by atoms with Crippen molar-refractivity contribution in [3.8, 4) is 0 Å². The first-order valence-electron chi connectivity index (χ1n) is 11.4. The van der Waals surface area contributed by atoms with E-state index < -0.39 is 35.7 Å². The van der Waals surface area contributed by atoms with Crippen LogP contribution in [0.1, 0.15) is 79.6 Å². The van der Waals surface area contributed by atoms with Gasteiger partial charge < -0.3 is 19.5 Å². The third-order valence-electron chi connectivity index (χ3n) is 5.53. The van der Waals surface area contributed by atoms with Crippen LogP contribution in [0, 0.1) is 5.92 Å². The maximum absolute atomic E-state index is 13.3. The lowest BCUT2D eigenvalue weighted by Crippen LogP contribution is -2.54. The van der Waals surface area contributed by atoms with Gasteiger partial charge in [0.2, 0.25) is 5.91 Å². The number of nitrogens with zero attached hydrogens (tertiary/aromatic N) is 2. The predicted molar refractivity (Wildman–Crippen MR) is 119 cm³/mol. The van der Waals surface area contributed by atoms with Gasteiger partial charge in [-0.2, -0.15) is 0 Å². The minimum absolute atomic E-state index is 0.130. The van der Waals surface area contributed by atoms with Crippen molar-refractivity contribution in [2.75, 3.05) is 20.7 Å². The molecule has 0 bridgehead atoms. The van der Waals surface area contributed by atoms with E-state index in [0.29, 0.717) is 6.42 Å². The maximum Gasteiger partial charge on any atom is 0.410 e. The summed E-state index contributed by atoms with van der Waals surface area (Å²) in [5, 5.41) is 9.74. The van der Waals surface area contributed by atoms with Crippen molar-refractivity contribution >= 4 is 18.0 Å². The van der Waals surface area contributed by atoms with E-state index in [2.05, 4.69) is 0 Å². The van der Waals surface area contributed by atoms with Gasteiger partial charge in [-0.1, -0.05) is 33.1 Å². The fourth-order valence-electron chi connectivity index (χ4n) is 3.78. The first-order valence-corrected chi connectivity index (χ1v) is 11.4. The molecule has 0 aromatic rings. The van der Waals surface area contributed by atoms with Crippen LogP contribution in [0.4, 0.5) is 4.79 Å². The highest BCUT2D eigenvalue weighted by Gasteiger charge is 2.36. The second kappa shape index (κ2) is 12.3. The summed E-state index contributed by atoms with van der Waals surface area (Å²) >= 11 is 0. The van der Waals surface area contributed by atoms with Crippen molar-refractivity contribution in [2.45, 2.75) is 103 Å². The van der Waals surface area contributed by atoms with E-state index in [1.807, 2.05) is 13.8 Å². The van der Waals surface area contributed by atoms with Crippen molar-refractivity contribution in [1.29, 1.82) is 0 Å². The molecule has 0 aliphatic heterocycles. The summed E-state index contributed by atoms with van der Waals surface area (Å²) < 4.78 is 11.3. The molecule has 0 heterocycles. The Hall–Kier alpha value is -1.83. The lowest BCUT2D eigenvalue weighted by molar-refractivity contribution is -0.152. The van der Waals surface area contributed by atoms with Crippen LogP contribution in [0.15, 0.2) is 0 Å². The van der Waals surface area contributed by atoms with Gasteiger partial charge in [-0.05, 0) is 46.0 Å². The molecule has 1 aliphatic carbocycles. The molecule has 2 atom stereocenters. The van der Waals surface area contributed by atoms with Gasteiger partial charge in [0.1, 0.15) is 17.7 Å². The lowest BCUT2D eigenvalue weighted by atomic mass is 9.98. The Bertz CT molecular complexity index is 595. The highest BCUT2D eigenvalue weighted by molar-refractivity contribution is 5.89. The summed E-state index contributed by atoms with van der Waals surface area (Å²) in [4.78, 5) is 40.3. The number of carbonyl (C=O) groups excluding carboxylic acids is 2. The summed E-state index contributed by atoms with van der Waals surface area (Å²) in [6, 6.07) is -1.82. The van der Waals surface area contributed by atoms with Crippen molar-refractivity contribution in [1.82, 2.24) is 9.80 Å². The van der Waals surface area contributed by atoms with Crippen molar-refractivity contribution in [2.24, 2.45) is 5.92 Å². The minimum Gasteiger partial charge on any atom is -0.480 e. The molecule has 31 heavy (non-hydrogen) atoms. The van der Waals surface area contributed by atoms with Gasteiger partial charge in [0.05, 0.1) is 6.10 Å². The molecule has 1 N–H and O–H groups in total. The molecule has 1 saturated carbocycles. The largest absolute Gasteiger partial charge is 0.480 e. The SMILES string of the molecule is CC(C)C[C@@H](C(=O)N(C)[C@H](CCOC1CCCCC1)C(=O)O)N(C)C(=O)OC(C)(C)C. The number of hydrogen-bond acceptors (Lipinski definition) is 5. The van der Waals surface area contributed by atoms with E-state index >= 15 is 0 Å². The highest BCUT2D eigenvalue weighted by Crippen LogP contribution is 2.22. The van der Waals surface area contributed by atoms with Crippen LogP contribution in [0.3, 0.4) is 0 Å². The zero-order valence-electron chi connectivity index (χ0n) is 20.3. The number of amides is 2. The summed E-state index contributed by atoms with van der Waals surface area (Å²) in [7, 11) is 3.01. The third kappa shape index (κ3) is 9.46. The van der Waals surface area contributed by atoms with Crippen molar-refractivity contribution < 1.29 is 29.0 Å². The Kier molecular flexibility index (Phi) is 10.8. The third-order valence-corrected chi connectivity index (χ3v) is 5.53. The number of aliphatic carboxylic acids is 1. The average molecular weight is 443 g/mol. The number of hydrogen-bond donors (Lipinski definition) is 1. The van der Waals surface area contributed by atoms with Gasteiger partial charge in [-0.3, -0.25) is 9.69 Å². The van der Waals surface area contributed by atoms with Crippen LogP contribution in [-0.2, 0) is 19.1 Å². The number of ether oxygens (including phenoxy) is 2. The normalized spacial score (nSPS) is 17.2. The minimum atomic E-state index is -1.08. The number of carbonyl (C=O) groups is 3. The van der Waals surface area contributed by atoms with Crippen LogP contribution < -0.4 is 0 Å². The van der Waals surface area contributed by atoms with Gasteiger partial charge >= 0.3 is 12.1 Å². The molecule has 0 aromatic heterocycles. The fraction of sp³-hybridized carbons (Fsp3) is 0.870. The van der Waals surface area contributed by atoms with E-state index in [4.69, 9.17) is 9.47 Å². The monoisotopic (exact) mass is 442 g/mol. The van der Waals surface area contributed by atoms with Crippen LogP contribution in [0.2, 0.25) is 0 Å². The zero-order chi connectivity index (χ0) is 23.8. The standard InChI is InChI=1S/C23H42N2O6/c1-16(2)15-19(25(7)22(29)31-23(3,4)5)20(26)24(6)18(21(27)28)13-14-30-17-11-9-8-10-12-17/h16-19H,8-15H2,1-7H3,(H,27,28)/t18-,19+/m1/s1. The van der Waals surface area contributed by atoms with Crippen LogP contribution in [0.5, 0.6) is 0 Å². The fourth-order valence-corrected chi connectivity index (χ4v) is 3.78. The van der Waals surface area contributed by atoms with Crippen molar-refractivity contribution in [3.05, 3.63) is 0 Å². The summed E-state index contributed by atoms with van der Waals surface area (Å²) in [5.41, 5.74) is -0.692. The second-order valence-corrected chi connectivity index (χ2v) is 9.96. The predicted octanol–water partition coefficient (Wildman–Crippen LogP) is 3.92. The number of carboxylic acid groups (broad SMARTS) is 1. The second-order valence-electron chi connectivity index (χ2n) is 9.96. The van der Waals surface area contributed by atoms with E-state index in [1.165, 1.54) is 30.3 Å². The quantitative estimate of drug-likeness (QED) is 0.551. The topological polar surface area (TPSA) is 96.4 Å². The van der Waals surface area contributed by atoms with Gasteiger partial charge in [-0.15, -0.1) is 0 Å². The smallest absolute Gasteiger partial charge is 0.410 e. The molecule has 0 aromatic carbocycles. The van der Waals surface area contributed by atoms with Crippen LogP contribution in [0.25, 0.3) is 0 Å². The molecular formula is C23H42N2O6. The number of rotatable bonds is 10. The first-order chi connectivity index (χ1) is 14.3. The van der Waals surface area contributed by atoms with E-state index in [9.17, 15) is 19.5 Å². The van der Waals surface area contributed by atoms with E-state index in [-0.39, 0.29) is 25.0 Å². The molecular weight excluding hydrogens is 400 g/mol. The Morgan fingerprint density at radius 2 is 1.58 bits per heavy atom. The Morgan fingerprint density at radius 1 is 1.00 bits per heavy atom. The zero-order valence-corrected chi connectivity index (χ0v) is 20.3. The van der Waals surface area contributed by atoms with E-state index in [0.717, 1.165) is 25.7 Å². The van der Waals surface area contributed by atoms with Gasteiger partial charge in [0.25, 0.3) is 0 Å². The summed E-state index contributed by atoms with van der Waals surface area (Å²) in [6.07, 6.45) is 5.69. The lowest BCUT2D eigenvalue weighted by Gasteiger charge is -2.35. The maximum atomic E-state index is 13.3. The first kappa shape index (κ1) is 27.2. The van der Waals surface area contributed by atoms with Gasteiger partial charge in [0.15, 0.2) is 0 Å². The van der Waals surface area contributed by atoms with Gasteiger partial charge in [0, 0.05) is 27.1 Å². The van der Waals surface area contributed by atoms with Gasteiger partial charge in [-0.25, -0.2) is 9.59 Å².